The molecule has 0 aliphatic heterocycles. The molecule has 0 N–H and O–H groups in total. The molecule has 2 rings (SSSR count). The van der Waals surface area contributed by atoms with Gasteiger partial charge in [0.15, 0.2) is 0 Å². The van der Waals surface area contributed by atoms with E-state index in [9.17, 15) is 0 Å². The molecule has 0 fully saturated rings. The molecule has 80 valence electrons. The minimum absolute atomic E-state index is 0.369. The highest BCUT2D eigenvalue weighted by Gasteiger charge is 2.06. The Hall–Kier alpha value is -1.59. The van der Waals surface area contributed by atoms with Crippen molar-refractivity contribution in [1.29, 1.82) is 5.26 Å². The van der Waals surface area contributed by atoms with Gasteiger partial charge in [-0.1, -0.05) is 25.4 Å². The van der Waals surface area contributed by atoms with E-state index in [4.69, 9.17) is 16.9 Å². The minimum Gasteiger partial charge on any atom is -0.252 e. The van der Waals surface area contributed by atoms with Crippen molar-refractivity contribution in [3.63, 3.8) is 0 Å². The molecule has 0 aliphatic rings. The van der Waals surface area contributed by atoms with Gasteiger partial charge < -0.3 is 0 Å². The first-order chi connectivity index (χ1) is 7.61. The molecule has 1 aromatic carbocycles. The molecule has 1 heterocycles. The maximum Gasteiger partial charge on any atom is 0.0992 e. The fourth-order valence-corrected chi connectivity index (χ4v) is 1.87. The predicted molar refractivity (Wildman–Crippen MR) is 65.6 cm³/mol. The molecule has 16 heavy (non-hydrogen) atoms. The van der Waals surface area contributed by atoms with Crippen LogP contribution in [0.2, 0.25) is 5.02 Å². The summed E-state index contributed by atoms with van der Waals surface area (Å²) >= 11 is 6.08. The fraction of sp³-hybridized carbons (Fsp3) is 0.231. The van der Waals surface area contributed by atoms with Gasteiger partial charge in [-0.15, -0.1) is 0 Å². The smallest absolute Gasteiger partial charge is 0.0992 e. The van der Waals surface area contributed by atoms with Crippen LogP contribution in [0.1, 0.15) is 31.0 Å². The van der Waals surface area contributed by atoms with Crippen LogP contribution in [-0.2, 0) is 0 Å². The lowest BCUT2D eigenvalue weighted by Crippen LogP contribution is -1.93. The van der Waals surface area contributed by atoms with E-state index in [0.717, 1.165) is 16.6 Å². The summed E-state index contributed by atoms with van der Waals surface area (Å²) in [6.45, 7) is 4.17. The number of aromatic nitrogens is 1. The number of fused-ring (bicyclic) bond motifs is 1. The second kappa shape index (κ2) is 4.11. The van der Waals surface area contributed by atoms with Crippen molar-refractivity contribution in [2.45, 2.75) is 19.8 Å². The molecule has 0 radical (unpaired) electrons. The Morgan fingerprint density at radius 1 is 1.31 bits per heavy atom. The molecule has 1 aromatic heterocycles. The molecule has 0 saturated carbocycles. The zero-order valence-corrected chi connectivity index (χ0v) is 9.92. The van der Waals surface area contributed by atoms with Crippen LogP contribution < -0.4 is 0 Å². The number of nitriles is 1. The van der Waals surface area contributed by atoms with E-state index in [-0.39, 0.29) is 0 Å². The van der Waals surface area contributed by atoms with Gasteiger partial charge in [-0.2, -0.15) is 5.26 Å². The molecule has 0 amide bonds. The first-order valence-corrected chi connectivity index (χ1v) is 5.50. The number of pyridine rings is 1. The quantitative estimate of drug-likeness (QED) is 0.745. The van der Waals surface area contributed by atoms with E-state index in [2.05, 4.69) is 24.9 Å². The van der Waals surface area contributed by atoms with Crippen molar-refractivity contribution in [3.05, 3.63) is 40.5 Å². The highest BCUT2D eigenvalue weighted by molar-refractivity contribution is 6.35. The molecule has 3 heteroatoms. The summed E-state index contributed by atoms with van der Waals surface area (Å²) in [6.07, 6.45) is 0. The van der Waals surface area contributed by atoms with Crippen molar-refractivity contribution < 1.29 is 0 Å². The van der Waals surface area contributed by atoms with Crippen LogP contribution in [0, 0.1) is 11.3 Å². The van der Waals surface area contributed by atoms with E-state index in [1.165, 1.54) is 0 Å². The Morgan fingerprint density at radius 3 is 2.69 bits per heavy atom. The van der Waals surface area contributed by atoms with Gasteiger partial charge in [0.2, 0.25) is 0 Å². The predicted octanol–water partition coefficient (Wildman–Crippen LogP) is 3.88. The summed E-state index contributed by atoms with van der Waals surface area (Å²) in [5.41, 5.74) is 2.35. The summed E-state index contributed by atoms with van der Waals surface area (Å²) in [7, 11) is 0. The van der Waals surface area contributed by atoms with Crippen molar-refractivity contribution >= 4 is 22.5 Å². The first kappa shape index (κ1) is 10.9. The Labute approximate surface area is 99.5 Å². The van der Waals surface area contributed by atoms with Crippen LogP contribution in [0.25, 0.3) is 10.9 Å². The van der Waals surface area contributed by atoms with E-state index < -0.39 is 0 Å². The number of hydrogen-bond donors (Lipinski definition) is 0. The molecule has 0 aliphatic carbocycles. The normalized spacial score (nSPS) is 10.7. The third kappa shape index (κ3) is 1.87. The van der Waals surface area contributed by atoms with E-state index in [1.54, 1.807) is 12.1 Å². The lowest BCUT2D eigenvalue weighted by molar-refractivity contribution is 0.830. The van der Waals surface area contributed by atoms with Crippen LogP contribution in [0.4, 0.5) is 0 Å². The molecule has 0 unspecified atom stereocenters. The molecule has 0 saturated heterocycles. The summed E-state index contributed by atoms with van der Waals surface area (Å²) in [5.74, 6) is 0.369. The summed E-state index contributed by atoms with van der Waals surface area (Å²) < 4.78 is 0. The third-order valence-electron chi connectivity index (χ3n) is 2.50. The van der Waals surface area contributed by atoms with Gasteiger partial charge in [0.1, 0.15) is 0 Å². The van der Waals surface area contributed by atoms with Crippen LogP contribution >= 0.6 is 11.6 Å². The molecule has 0 spiro atoms. The molecule has 2 aromatic rings. The summed E-state index contributed by atoms with van der Waals surface area (Å²) in [5, 5.41) is 10.3. The van der Waals surface area contributed by atoms with Gasteiger partial charge >= 0.3 is 0 Å². The lowest BCUT2D eigenvalue weighted by atomic mass is 10.1. The van der Waals surface area contributed by atoms with Crippen LogP contribution in [0.15, 0.2) is 24.3 Å². The highest BCUT2D eigenvalue weighted by atomic mass is 35.5. The Morgan fingerprint density at radius 2 is 2.06 bits per heavy atom. The first-order valence-electron chi connectivity index (χ1n) is 5.12. The van der Waals surface area contributed by atoms with Crippen molar-refractivity contribution in [3.8, 4) is 6.07 Å². The third-order valence-corrected chi connectivity index (χ3v) is 2.81. The summed E-state index contributed by atoms with van der Waals surface area (Å²) in [6, 6.07) is 9.46. The van der Waals surface area contributed by atoms with Crippen LogP contribution in [0.3, 0.4) is 0 Å². The number of hydrogen-bond acceptors (Lipinski definition) is 2. The van der Waals surface area contributed by atoms with Crippen molar-refractivity contribution in [2.24, 2.45) is 0 Å². The Bertz CT molecular complexity index is 582. The standard InChI is InChI=1S/C13H11ClN2/c1-8(2)12-4-3-10-11(14)5-9(7-15)6-13(10)16-12/h3-6,8H,1-2H3. The Kier molecular flexibility index (Phi) is 2.80. The zero-order chi connectivity index (χ0) is 11.7. The molecule has 2 nitrogen and oxygen atoms in total. The average Bonchev–Trinajstić information content (AvgIpc) is 2.28. The number of nitrogens with zero attached hydrogens (tertiary/aromatic N) is 2. The molecule has 0 bridgehead atoms. The van der Waals surface area contributed by atoms with Crippen LogP contribution in [-0.4, -0.2) is 4.98 Å². The topological polar surface area (TPSA) is 36.7 Å². The van der Waals surface area contributed by atoms with Crippen molar-refractivity contribution in [2.75, 3.05) is 0 Å². The van der Waals surface area contributed by atoms with Gasteiger partial charge in [-0.25, -0.2) is 0 Å². The van der Waals surface area contributed by atoms with Gasteiger partial charge in [-0.3, -0.25) is 4.98 Å². The zero-order valence-electron chi connectivity index (χ0n) is 9.16. The minimum atomic E-state index is 0.369. The van der Waals surface area contributed by atoms with Crippen molar-refractivity contribution in [1.82, 2.24) is 4.98 Å². The monoisotopic (exact) mass is 230 g/mol. The second-order valence-corrected chi connectivity index (χ2v) is 4.43. The fourth-order valence-electron chi connectivity index (χ4n) is 1.59. The number of benzene rings is 1. The van der Waals surface area contributed by atoms with Gasteiger partial charge in [-0.05, 0) is 30.2 Å². The van der Waals surface area contributed by atoms with E-state index >= 15 is 0 Å². The largest absolute Gasteiger partial charge is 0.252 e. The Balaban J connectivity index is 2.73. The lowest BCUT2D eigenvalue weighted by Gasteiger charge is -2.07. The molecular weight excluding hydrogens is 220 g/mol. The maximum absolute atomic E-state index is 8.86. The SMILES string of the molecule is CC(C)c1ccc2c(Cl)cc(C#N)cc2n1. The van der Waals surface area contributed by atoms with Gasteiger partial charge in [0, 0.05) is 11.1 Å². The van der Waals surface area contributed by atoms with Crippen LogP contribution in [0.5, 0.6) is 0 Å². The summed E-state index contributed by atoms with van der Waals surface area (Å²) in [4.78, 5) is 4.51. The van der Waals surface area contributed by atoms with E-state index in [1.807, 2.05) is 12.1 Å². The number of halogens is 1. The van der Waals surface area contributed by atoms with Gasteiger partial charge in [0.25, 0.3) is 0 Å². The molecule has 0 atom stereocenters. The maximum atomic E-state index is 8.86. The average molecular weight is 231 g/mol. The second-order valence-electron chi connectivity index (χ2n) is 4.03. The van der Waals surface area contributed by atoms with Gasteiger partial charge in [0.05, 0.1) is 22.2 Å². The van der Waals surface area contributed by atoms with E-state index in [0.29, 0.717) is 16.5 Å². The molecular formula is C13H11ClN2. The highest BCUT2D eigenvalue weighted by Crippen LogP contribution is 2.25. The number of rotatable bonds is 1.